The Labute approximate surface area is 161 Å². The van der Waals surface area contributed by atoms with Crippen molar-refractivity contribution in [3.8, 4) is 5.69 Å². The molecule has 0 bridgehead atoms. The predicted molar refractivity (Wildman–Crippen MR) is 106 cm³/mol. The van der Waals surface area contributed by atoms with Gasteiger partial charge in [0.2, 0.25) is 0 Å². The van der Waals surface area contributed by atoms with Gasteiger partial charge in [0.15, 0.2) is 5.69 Å². The minimum Gasteiger partial charge on any atom is -0.347 e. The maximum atomic E-state index is 12.9. The molecule has 0 saturated carbocycles. The molecule has 0 radical (unpaired) electrons. The first-order valence-electron chi connectivity index (χ1n) is 9.42. The normalized spacial score (nSPS) is 19.3. The second-order valence-corrected chi connectivity index (χ2v) is 7.25. The highest BCUT2D eigenvalue weighted by molar-refractivity contribution is 5.94. The van der Waals surface area contributed by atoms with Crippen LogP contribution >= 0.6 is 12.4 Å². The number of piperidine rings is 1. The monoisotopic (exact) mass is 374 g/mol. The molecular weight excluding hydrogens is 348 g/mol. The number of rotatable bonds is 3. The Morgan fingerprint density at radius 3 is 2.69 bits per heavy atom. The number of nitrogens with one attached hydrogen (secondary N) is 2. The van der Waals surface area contributed by atoms with Crippen LogP contribution in [-0.4, -0.2) is 34.8 Å². The Balaban J connectivity index is 0.00000196. The molecule has 5 nitrogen and oxygen atoms in total. The van der Waals surface area contributed by atoms with E-state index >= 15 is 0 Å². The quantitative estimate of drug-likeness (QED) is 0.868. The van der Waals surface area contributed by atoms with Gasteiger partial charge in [-0.05, 0) is 64.1 Å². The van der Waals surface area contributed by atoms with Gasteiger partial charge in [-0.15, -0.1) is 12.4 Å². The van der Waals surface area contributed by atoms with Gasteiger partial charge in [-0.1, -0.05) is 17.7 Å². The zero-order chi connectivity index (χ0) is 17.2. The zero-order valence-electron chi connectivity index (χ0n) is 15.3. The fraction of sp³-hybridized carbons (Fsp3) is 0.500. The second kappa shape index (κ2) is 8.23. The van der Waals surface area contributed by atoms with E-state index in [1.165, 1.54) is 11.3 Å². The van der Waals surface area contributed by atoms with E-state index in [1.807, 2.05) is 4.68 Å². The lowest BCUT2D eigenvalue weighted by Gasteiger charge is -2.23. The summed E-state index contributed by atoms with van der Waals surface area (Å²) < 4.78 is 1.99. The minimum absolute atomic E-state index is 0. The Bertz CT molecular complexity index is 763. The summed E-state index contributed by atoms with van der Waals surface area (Å²) in [4.78, 5) is 12.9. The molecule has 6 heteroatoms. The van der Waals surface area contributed by atoms with Crippen molar-refractivity contribution in [3.63, 3.8) is 0 Å². The van der Waals surface area contributed by atoms with Gasteiger partial charge in [0.25, 0.3) is 5.91 Å². The highest BCUT2D eigenvalue weighted by Gasteiger charge is 2.27. The molecule has 2 aliphatic rings. The molecule has 1 atom stereocenters. The van der Waals surface area contributed by atoms with E-state index in [1.54, 1.807) is 0 Å². The summed E-state index contributed by atoms with van der Waals surface area (Å²) in [5.74, 6) is -0.0160. The number of hydrogen-bond donors (Lipinski definition) is 2. The lowest BCUT2D eigenvalue weighted by Crippen LogP contribution is -2.45. The van der Waals surface area contributed by atoms with Crippen LogP contribution in [0.1, 0.15) is 53.0 Å². The van der Waals surface area contributed by atoms with Gasteiger partial charge in [-0.3, -0.25) is 4.79 Å². The van der Waals surface area contributed by atoms with Crippen LogP contribution in [0.2, 0.25) is 0 Å². The van der Waals surface area contributed by atoms with Crippen molar-refractivity contribution < 1.29 is 4.79 Å². The van der Waals surface area contributed by atoms with Crippen LogP contribution in [-0.2, 0) is 12.8 Å². The Morgan fingerprint density at radius 2 is 1.96 bits per heavy atom. The number of amides is 1. The molecule has 1 aliphatic carbocycles. The van der Waals surface area contributed by atoms with Gasteiger partial charge in [0.05, 0.1) is 5.69 Å². The highest BCUT2D eigenvalue weighted by Crippen LogP contribution is 2.27. The Kier molecular flexibility index (Phi) is 5.99. The third kappa shape index (κ3) is 3.79. The van der Waals surface area contributed by atoms with Crippen LogP contribution in [0.15, 0.2) is 24.3 Å². The van der Waals surface area contributed by atoms with Crippen molar-refractivity contribution in [2.24, 2.45) is 0 Å². The molecule has 1 saturated heterocycles. The SMILES string of the molecule is Cc1ccc(-n2nc(C(=O)N[C@H]3CCCNC3)c3c2CCCC3)cc1.Cl. The number of aryl methyl sites for hydroxylation is 1. The summed E-state index contributed by atoms with van der Waals surface area (Å²) in [6.07, 6.45) is 6.40. The molecule has 26 heavy (non-hydrogen) atoms. The molecule has 140 valence electrons. The molecule has 4 rings (SSSR count). The summed E-state index contributed by atoms with van der Waals surface area (Å²) in [7, 11) is 0. The fourth-order valence-electron chi connectivity index (χ4n) is 3.91. The van der Waals surface area contributed by atoms with Crippen molar-refractivity contribution in [1.29, 1.82) is 0 Å². The lowest BCUT2D eigenvalue weighted by molar-refractivity contribution is 0.0924. The maximum absolute atomic E-state index is 12.9. The van der Waals surface area contributed by atoms with Gasteiger partial charge < -0.3 is 10.6 Å². The van der Waals surface area contributed by atoms with Crippen molar-refractivity contribution in [3.05, 3.63) is 46.8 Å². The lowest BCUT2D eigenvalue weighted by atomic mass is 9.95. The summed E-state index contributed by atoms with van der Waals surface area (Å²) in [5, 5.41) is 11.3. The molecule has 1 amide bonds. The Hall–Kier alpha value is -1.85. The average Bonchev–Trinajstić information content (AvgIpc) is 3.03. The molecule has 1 aliphatic heterocycles. The summed E-state index contributed by atoms with van der Waals surface area (Å²) >= 11 is 0. The predicted octanol–water partition coefficient (Wildman–Crippen LogP) is 2.96. The van der Waals surface area contributed by atoms with Gasteiger partial charge in [0.1, 0.15) is 0 Å². The second-order valence-electron chi connectivity index (χ2n) is 7.25. The average molecular weight is 375 g/mol. The van der Waals surface area contributed by atoms with E-state index < -0.39 is 0 Å². The number of fused-ring (bicyclic) bond motifs is 1. The maximum Gasteiger partial charge on any atom is 0.272 e. The van der Waals surface area contributed by atoms with E-state index in [4.69, 9.17) is 5.10 Å². The zero-order valence-corrected chi connectivity index (χ0v) is 16.1. The minimum atomic E-state index is -0.0160. The molecule has 0 unspecified atom stereocenters. The first kappa shape index (κ1) is 18.9. The first-order valence-corrected chi connectivity index (χ1v) is 9.42. The number of aromatic nitrogens is 2. The van der Waals surface area contributed by atoms with Gasteiger partial charge in [-0.2, -0.15) is 5.10 Å². The molecule has 2 N–H and O–H groups in total. The molecule has 2 aromatic rings. The summed E-state index contributed by atoms with van der Waals surface area (Å²) in [6, 6.07) is 8.58. The van der Waals surface area contributed by atoms with Crippen molar-refractivity contribution in [1.82, 2.24) is 20.4 Å². The largest absolute Gasteiger partial charge is 0.347 e. The molecular formula is C20H27ClN4O. The number of nitrogens with zero attached hydrogens (tertiary/aromatic N) is 2. The van der Waals surface area contributed by atoms with Gasteiger partial charge in [0, 0.05) is 23.8 Å². The van der Waals surface area contributed by atoms with Crippen LogP contribution in [0.25, 0.3) is 5.69 Å². The topological polar surface area (TPSA) is 59.0 Å². The number of hydrogen-bond acceptors (Lipinski definition) is 3. The first-order chi connectivity index (χ1) is 12.2. The van der Waals surface area contributed by atoms with Crippen LogP contribution in [0, 0.1) is 6.92 Å². The number of carbonyl (C=O) groups excluding carboxylic acids is 1. The van der Waals surface area contributed by atoms with Crippen LogP contribution in [0.4, 0.5) is 0 Å². The van der Waals surface area contributed by atoms with Crippen molar-refractivity contribution >= 4 is 18.3 Å². The van der Waals surface area contributed by atoms with Crippen LogP contribution < -0.4 is 10.6 Å². The summed E-state index contributed by atoms with van der Waals surface area (Å²) in [6.45, 7) is 3.98. The third-order valence-corrected chi connectivity index (χ3v) is 5.31. The van der Waals surface area contributed by atoms with Crippen molar-refractivity contribution in [2.45, 2.75) is 51.5 Å². The van der Waals surface area contributed by atoms with Crippen molar-refractivity contribution in [2.75, 3.05) is 13.1 Å². The smallest absolute Gasteiger partial charge is 0.272 e. The highest BCUT2D eigenvalue weighted by atomic mass is 35.5. The van der Waals surface area contributed by atoms with Gasteiger partial charge >= 0.3 is 0 Å². The fourth-order valence-corrected chi connectivity index (χ4v) is 3.91. The van der Waals surface area contributed by atoms with E-state index in [0.29, 0.717) is 5.69 Å². The van der Waals surface area contributed by atoms with Crippen LogP contribution in [0.5, 0.6) is 0 Å². The van der Waals surface area contributed by atoms with E-state index in [9.17, 15) is 4.79 Å². The third-order valence-electron chi connectivity index (χ3n) is 5.31. The van der Waals surface area contributed by atoms with E-state index in [-0.39, 0.29) is 24.4 Å². The standard InChI is InChI=1S/C20H26N4O.ClH/c1-14-8-10-16(11-9-14)24-18-7-3-2-6-17(18)19(23-24)20(25)22-15-5-4-12-21-13-15;/h8-11,15,21H,2-7,12-13H2,1H3,(H,22,25);1H/t15-;/m0./s1. The molecule has 1 fully saturated rings. The number of halogens is 1. The Morgan fingerprint density at radius 1 is 1.19 bits per heavy atom. The van der Waals surface area contributed by atoms with Gasteiger partial charge in [-0.25, -0.2) is 4.68 Å². The number of carbonyl (C=O) groups is 1. The van der Waals surface area contributed by atoms with Crippen LogP contribution in [0.3, 0.4) is 0 Å². The van der Waals surface area contributed by atoms with E-state index in [0.717, 1.165) is 62.9 Å². The molecule has 0 spiro atoms. The number of benzene rings is 1. The molecule has 1 aromatic carbocycles. The van der Waals surface area contributed by atoms with E-state index in [2.05, 4.69) is 41.8 Å². The summed E-state index contributed by atoms with van der Waals surface area (Å²) in [5.41, 5.74) is 5.26. The molecule has 2 heterocycles. The molecule has 1 aromatic heterocycles.